The first-order valence-corrected chi connectivity index (χ1v) is 7.70. The zero-order valence-corrected chi connectivity index (χ0v) is 12.1. The third kappa shape index (κ3) is 2.24. The number of carbonyl (C=O) groups is 1. The Balaban J connectivity index is 1.44. The van der Waals surface area contributed by atoms with E-state index in [9.17, 15) is 9.90 Å². The van der Waals surface area contributed by atoms with Crippen molar-refractivity contribution in [3.63, 3.8) is 0 Å². The molecule has 5 nitrogen and oxygen atoms in total. The van der Waals surface area contributed by atoms with E-state index in [0.29, 0.717) is 18.4 Å². The molecule has 3 saturated heterocycles. The molecule has 118 valence electrons. The molecule has 0 spiro atoms. The molecule has 0 amide bonds. The zero-order chi connectivity index (χ0) is 17.8. The van der Waals surface area contributed by atoms with Crippen LogP contribution in [0.5, 0.6) is 0 Å². The number of hydrogen-bond acceptors (Lipinski definition) is 5. The number of ether oxygens (including phenoxy) is 2. The molecule has 5 unspecified atom stereocenters. The van der Waals surface area contributed by atoms with Crippen molar-refractivity contribution in [2.45, 2.75) is 49.2 Å². The molecule has 3 fully saturated rings. The molecule has 4 rings (SSSR count). The summed E-state index contributed by atoms with van der Waals surface area (Å²) in [7, 11) is 0. The van der Waals surface area contributed by atoms with Crippen LogP contribution in [0.15, 0.2) is 30.3 Å². The fourth-order valence-electron chi connectivity index (χ4n) is 3.79. The van der Waals surface area contributed by atoms with E-state index >= 15 is 0 Å². The standard InChI is InChI=1S/C17H21NO4/c1-18-13-7-11(8-14(18)16-15(13)22-16)21-17(20)12(9-19)10-5-3-2-4-6-10/h2-6,11-16,19H,7-9H2,1H3/i1D3. The molecule has 3 aliphatic heterocycles. The topological polar surface area (TPSA) is 62.3 Å². The van der Waals surface area contributed by atoms with Gasteiger partial charge >= 0.3 is 5.97 Å². The van der Waals surface area contributed by atoms with Crippen LogP contribution in [0.25, 0.3) is 0 Å². The van der Waals surface area contributed by atoms with Crippen LogP contribution < -0.4 is 0 Å². The summed E-state index contributed by atoms with van der Waals surface area (Å²) in [4.78, 5) is 14.1. The number of fused-ring (bicyclic) bond motifs is 5. The minimum absolute atomic E-state index is 0.0584. The average molecular weight is 306 g/mol. The Hall–Kier alpha value is -1.43. The number of aliphatic hydroxyl groups is 1. The highest BCUT2D eigenvalue weighted by Crippen LogP contribution is 2.48. The van der Waals surface area contributed by atoms with Crippen molar-refractivity contribution >= 4 is 5.97 Å². The third-order valence-corrected chi connectivity index (χ3v) is 5.00. The number of aliphatic hydroxyl groups excluding tert-OH is 1. The minimum atomic E-state index is -2.15. The van der Waals surface area contributed by atoms with Crippen LogP contribution in [0.3, 0.4) is 0 Å². The van der Waals surface area contributed by atoms with Crippen LogP contribution in [-0.4, -0.2) is 60.0 Å². The van der Waals surface area contributed by atoms with Crippen LogP contribution >= 0.6 is 0 Å². The summed E-state index contributed by atoms with van der Waals surface area (Å²) in [6, 6.07) is 8.56. The van der Waals surface area contributed by atoms with Crippen LogP contribution in [-0.2, 0) is 14.3 Å². The molecule has 5 heteroatoms. The smallest absolute Gasteiger partial charge is 0.316 e. The maximum absolute atomic E-state index is 12.5. The van der Waals surface area contributed by atoms with Crippen molar-refractivity contribution in [2.75, 3.05) is 13.6 Å². The Morgan fingerprint density at radius 2 is 2.09 bits per heavy atom. The van der Waals surface area contributed by atoms with E-state index in [1.807, 2.05) is 18.2 Å². The van der Waals surface area contributed by atoms with Gasteiger partial charge in [0.1, 0.15) is 24.2 Å². The number of hydrogen-bond donors (Lipinski definition) is 1. The molecule has 0 saturated carbocycles. The SMILES string of the molecule is [2H]C([2H])([2H])N1C2CC(OC(=O)C(CO)c3ccccc3)CC1C1OC12. The second-order valence-corrected chi connectivity index (χ2v) is 6.28. The van der Waals surface area contributed by atoms with Gasteiger partial charge in [0.2, 0.25) is 0 Å². The highest BCUT2D eigenvalue weighted by atomic mass is 16.6. The number of rotatable bonds is 4. The van der Waals surface area contributed by atoms with Gasteiger partial charge < -0.3 is 14.6 Å². The highest BCUT2D eigenvalue weighted by molar-refractivity contribution is 5.78. The number of likely N-dealkylation sites (N-methyl/N-ethyl adjacent to an activating group) is 1. The number of esters is 1. The molecule has 3 aliphatic rings. The van der Waals surface area contributed by atoms with Gasteiger partial charge in [0.25, 0.3) is 0 Å². The predicted molar refractivity (Wildman–Crippen MR) is 79.4 cm³/mol. The second kappa shape index (κ2) is 5.33. The summed E-state index contributed by atoms with van der Waals surface area (Å²) in [5, 5.41) is 9.59. The van der Waals surface area contributed by atoms with E-state index in [1.165, 1.54) is 0 Å². The molecule has 1 aromatic rings. The van der Waals surface area contributed by atoms with Crippen molar-refractivity contribution in [3.8, 4) is 0 Å². The molecular formula is C17H21NO4. The number of morpholine rings is 1. The number of benzene rings is 1. The Kier molecular flexibility index (Phi) is 2.71. The molecule has 22 heavy (non-hydrogen) atoms. The molecule has 2 bridgehead atoms. The largest absolute Gasteiger partial charge is 0.462 e. The summed E-state index contributed by atoms with van der Waals surface area (Å²) in [6.07, 6.45) is 0.452. The Bertz CT molecular complexity index is 635. The van der Waals surface area contributed by atoms with Crippen LogP contribution in [0.2, 0.25) is 0 Å². The number of nitrogens with zero attached hydrogens (tertiary/aromatic N) is 1. The average Bonchev–Trinajstić information content (AvgIpc) is 3.31. The fraction of sp³-hybridized carbons (Fsp3) is 0.588. The lowest BCUT2D eigenvalue weighted by atomic mass is 9.97. The second-order valence-electron chi connectivity index (χ2n) is 6.28. The summed E-state index contributed by atoms with van der Waals surface area (Å²) in [5.74, 6) is -1.18. The molecule has 1 aromatic carbocycles. The monoisotopic (exact) mass is 306 g/mol. The van der Waals surface area contributed by atoms with Crippen LogP contribution in [0.1, 0.15) is 28.4 Å². The van der Waals surface area contributed by atoms with Gasteiger partial charge in [-0.3, -0.25) is 9.69 Å². The van der Waals surface area contributed by atoms with Gasteiger partial charge in [-0.15, -0.1) is 0 Å². The normalized spacial score (nSPS) is 40.0. The van der Waals surface area contributed by atoms with Gasteiger partial charge in [-0.05, 0) is 12.5 Å². The molecule has 0 aliphatic carbocycles. The van der Waals surface area contributed by atoms with E-state index in [0.717, 1.165) is 0 Å². The van der Waals surface area contributed by atoms with Gasteiger partial charge in [-0.25, -0.2) is 0 Å². The first-order chi connectivity index (χ1) is 11.9. The predicted octanol–water partition coefficient (Wildman–Crippen LogP) is 0.918. The van der Waals surface area contributed by atoms with Gasteiger partial charge in [-0.1, -0.05) is 30.3 Å². The van der Waals surface area contributed by atoms with E-state index in [2.05, 4.69) is 0 Å². The summed E-state index contributed by atoms with van der Waals surface area (Å²) in [6.45, 7) is -2.48. The maximum Gasteiger partial charge on any atom is 0.316 e. The lowest BCUT2D eigenvalue weighted by Crippen LogP contribution is -2.48. The number of piperidine rings is 1. The first kappa shape index (κ1) is 11.2. The number of carbonyl (C=O) groups excluding carboxylic acids is 1. The van der Waals surface area contributed by atoms with Gasteiger partial charge in [-0.2, -0.15) is 0 Å². The van der Waals surface area contributed by atoms with E-state index in [1.54, 1.807) is 17.0 Å². The Morgan fingerprint density at radius 3 is 2.68 bits per heavy atom. The minimum Gasteiger partial charge on any atom is -0.462 e. The fourth-order valence-corrected chi connectivity index (χ4v) is 3.79. The van der Waals surface area contributed by atoms with E-state index in [4.69, 9.17) is 13.6 Å². The van der Waals surface area contributed by atoms with E-state index < -0.39 is 18.9 Å². The molecular weight excluding hydrogens is 282 g/mol. The molecule has 5 atom stereocenters. The maximum atomic E-state index is 12.5. The molecule has 0 radical (unpaired) electrons. The lowest BCUT2D eigenvalue weighted by Gasteiger charge is -2.38. The van der Waals surface area contributed by atoms with Gasteiger partial charge in [0.05, 0.1) is 6.61 Å². The highest BCUT2D eigenvalue weighted by Gasteiger charge is 2.62. The van der Waals surface area contributed by atoms with Crippen molar-refractivity contribution in [1.29, 1.82) is 0 Å². The Morgan fingerprint density at radius 1 is 1.41 bits per heavy atom. The summed E-state index contributed by atoms with van der Waals surface area (Å²) in [5.41, 5.74) is 0.712. The van der Waals surface area contributed by atoms with Crippen LogP contribution in [0.4, 0.5) is 0 Å². The zero-order valence-electron chi connectivity index (χ0n) is 15.1. The first-order valence-electron chi connectivity index (χ1n) is 9.20. The van der Waals surface area contributed by atoms with Gasteiger partial charge in [0.15, 0.2) is 0 Å². The molecule has 1 N–H and O–H groups in total. The molecule has 3 heterocycles. The van der Waals surface area contributed by atoms with Crippen molar-refractivity contribution in [2.24, 2.45) is 0 Å². The Labute approximate surface area is 134 Å². The lowest BCUT2D eigenvalue weighted by molar-refractivity contribution is -0.156. The third-order valence-electron chi connectivity index (χ3n) is 5.00. The van der Waals surface area contributed by atoms with Crippen LogP contribution in [0, 0.1) is 0 Å². The van der Waals surface area contributed by atoms with Crippen molar-refractivity contribution in [1.82, 2.24) is 4.90 Å². The quantitative estimate of drug-likeness (QED) is 0.662. The van der Waals surface area contributed by atoms with Crippen molar-refractivity contribution < 1.29 is 23.5 Å². The molecule has 0 aromatic heterocycles. The van der Waals surface area contributed by atoms with Gasteiger partial charge in [0, 0.05) is 29.0 Å². The van der Waals surface area contributed by atoms with Crippen molar-refractivity contribution in [3.05, 3.63) is 35.9 Å². The summed E-state index contributed by atoms with van der Waals surface area (Å²) < 4.78 is 34.4. The van der Waals surface area contributed by atoms with E-state index in [-0.39, 0.29) is 37.0 Å². The summed E-state index contributed by atoms with van der Waals surface area (Å²) >= 11 is 0. The number of epoxide rings is 1.